The number of nitrogens with zero attached hydrogens (tertiary/aromatic N) is 4. The highest BCUT2D eigenvalue weighted by Crippen LogP contribution is 2.31. The third-order valence-corrected chi connectivity index (χ3v) is 6.48. The molecule has 3 aliphatic rings. The maximum absolute atomic E-state index is 12.6. The number of carbonyl (C=O) groups excluding carboxylic acids is 1. The number of ether oxygens (including phenoxy) is 1. The lowest BCUT2D eigenvalue weighted by molar-refractivity contribution is 0.0192. The first kappa shape index (κ1) is 20.6. The van der Waals surface area contributed by atoms with Crippen molar-refractivity contribution in [3.8, 4) is 0 Å². The lowest BCUT2D eigenvalue weighted by Gasteiger charge is -2.34. The van der Waals surface area contributed by atoms with Crippen LogP contribution < -0.4 is 0 Å². The monoisotopic (exact) mass is 400 g/mol. The molecule has 0 aromatic carbocycles. The van der Waals surface area contributed by atoms with Gasteiger partial charge in [0.05, 0.1) is 0 Å². The number of hydrogen-bond acceptors (Lipinski definition) is 5. The highest BCUT2D eigenvalue weighted by Gasteiger charge is 2.34. The van der Waals surface area contributed by atoms with Crippen molar-refractivity contribution in [2.45, 2.75) is 96.2 Å². The fraction of sp³-hybridized carbons (Fsp3) is 0.783. The molecule has 29 heavy (non-hydrogen) atoms. The minimum atomic E-state index is -0.443. The summed E-state index contributed by atoms with van der Waals surface area (Å²) in [5.41, 5.74) is 2.06. The van der Waals surface area contributed by atoms with E-state index in [0.29, 0.717) is 5.92 Å². The van der Waals surface area contributed by atoms with Gasteiger partial charge in [-0.25, -0.2) is 14.8 Å². The molecule has 3 heterocycles. The van der Waals surface area contributed by atoms with Crippen molar-refractivity contribution in [2.24, 2.45) is 0 Å². The molecule has 1 atom stereocenters. The highest BCUT2D eigenvalue weighted by molar-refractivity contribution is 5.69. The van der Waals surface area contributed by atoms with Gasteiger partial charge in [0, 0.05) is 62.0 Å². The predicted molar refractivity (Wildman–Crippen MR) is 113 cm³/mol. The van der Waals surface area contributed by atoms with Crippen molar-refractivity contribution >= 4 is 6.09 Å². The fourth-order valence-electron chi connectivity index (χ4n) is 4.99. The Bertz CT molecular complexity index is 724. The molecule has 1 saturated carbocycles. The number of amides is 1. The van der Waals surface area contributed by atoms with E-state index in [1.165, 1.54) is 43.4 Å². The van der Waals surface area contributed by atoms with Gasteiger partial charge >= 0.3 is 6.09 Å². The van der Waals surface area contributed by atoms with Crippen LogP contribution in [0, 0.1) is 0 Å². The third-order valence-electron chi connectivity index (χ3n) is 6.48. The Labute approximate surface area is 175 Å². The molecule has 0 radical (unpaired) electrons. The first-order chi connectivity index (χ1) is 13.9. The zero-order valence-electron chi connectivity index (χ0n) is 18.3. The third kappa shape index (κ3) is 5.08. The van der Waals surface area contributed by atoms with Gasteiger partial charge < -0.3 is 9.64 Å². The summed E-state index contributed by atoms with van der Waals surface area (Å²) in [6, 6.07) is 0.244. The van der Waals surface area contributed by atoms with Crippen LogP contribution in [0.4, 0.5) is 4.79 Å². The minimum Gasteiger partial charge on any atom is -0.444 e. The SMILES string of the molecule is CC(C)(C)OC(=O)N1CCCC1CN1CCc2nc(C3CCCCC3)ncc2C1. The summed E-state index contributed by atoms with van der Waals surface area (Å²) >= 11 is 0. The maximum Gasteiger partial charge on any atom is 0.410 e. The minimum absolute atomic E-state index is 0.169. The van der Waals surface area contributed by atoms with Gasteiger partial charge in [0.15, 0.2) is 0 Å². The number of likely N-dealkylation sites (tertiary alicyclic amines) is 1. The van der Waals surface area contributed by atoms with Gasteiger partial charge in [-0.15, -0.1) is 0 Å². The van der Waals surface area contributed by atoms with Crippen molar-refractivity contribution in [3.63, 3.8) is 0 Å². The first-order valence-corrected chi connectivity index (χ1v) is 11.5. The average molecular weight is 401 g/mol. The summed E-state index contributed by atoms with van der Waals surface area (Å²) in [5, 5.41) is 0. The van der Waals surface area contributed by atoms with E-state index in [0.717, 1.165) is 51.3 Å². The molecule has 1 saturated heterocycles. The fourth-order valence-corrected chi connectivity index (χ4v) is 4.99. The van der Waals surface area contributed by atoms with E-state index >= 15 is 0 Å². The van der Waals surface area contributed by atoms with Gasteiger partial charge in [0.25, 0.3) is 0 Å². The molecule has 1 aromatic rings. The van der Waals surface area contributed by atoms with Gasteiger partial charge in [-0.3, -0.25) is 4.90 Å². The second kappa shape index (κ2) is 8.58. The van der Waals surface area contributed by atoms with Crippen LogP contribution in [0.5, 0.6) is 0 Å². The maximum atomic E-state index is 12.6. The topological polar surface area (TPSA) is 58.6 Å². The molecule has 2 fully saturated rings. The summed E-state index contributed by atoms with van der Waals surface area (Å²) in [4.78, 5) is 26.7. The number of fused-ring (bicyclic) bond motifs is 1. The van der Waals surface area contributed by atoms with Gasteiger partial charge in [0.1, 0.15) is 11.4 Å². The van der Waals surface area contributed by atoms with E-state index in [1.807, 2.05) is 25.7 Å². The normalized spacial score (nSPS) is 23.8. The van der Waals surface area contributed by atoms with E-state index in [9.17, 15) is 4.79 Å². The molecule has 2 aliphatic heterocycles. The molecule has 0 N–H and O–H groups in total. The summed E-state index contributed by atoms with van der Waals surface area (Å²) in [5.74, 6) is 1.64. The molecule has 1 amide bonds. The molecule has 4 rings (SSSR count). The van der Waals surface area contributed by atoms with Gasteiger partial charge in [-0.2, -0.15) is 0 Å². The Morgan fingerprint density at radius 1 is 1.14 bits per heavy atom. The zero-order chi connectivity index (χ0) is 20.4. The van der Waals surface area contributed by atoms with Crippen LogP contribution in [0.15, 0.2) is 6.20 Å². The first-order valence-electron chi connectivity index (χ1n) is 11.5. The molecule has 160 valence electrons. The van der Waals surface area contributed by atoms with E-state index in [2.05, 4.69) is 11.1 Å². The van der Waals surface area contributed by atoms with E-state index in [-0.39, 0.29) is 12.1 Å². The number of hydrogen-bond donors (Lipinski definition) is 0. The summed E-state index contributed by atoms with van der Waals surface area (Å²) < 4.78 is 5.62. The largest absolute Gasteiger partial charge is 0.444 e. The Morgan fingerprint density at radius 2 is 1.93 bits per heavy atom. The zero-order valence-corrected chi connectivity index (χ0v) is 18.3. The van der Waals surface area contributed by atoms with E-state index < -0.39 is 5.60 Å². The van der Waals surface area contributed by atoms with Gasteiger partial charge in [-0.1, -0.05) is 19.3 Å². The molecule has 1 unspecified atom stereocenters. The van der Waals surface area contributed by atoms with Crippen LogP contribution in [0.1, 0.15) is 88.7 Å². The molecule has 6 heteroatoms. The molecule has 0 bridgehead atoms. The van der Waals surface area contributed by atoms with Crippen LogP contribution >= 0.6 is 0 Å². The molecule has 6 nitrogen and oxygen atoms in total. The van der Waals surface area contributed by atoms with Crippen molar-refractivity contribution < 1.29 is 9.53 Å². The van der Waals surface area contributed by atoms with Crippen molar-refractivity contribution in [3.05, 3.63) is 23.3 Å². The lowest BCUT2D eigenvalue weighted by Crippen LogP contribution is -2.46. The standard InChI is InChI=1S/C23H36N4O2/c1-23(2,3)29-22(28)27-12-7-10-19(27)16-26-13-11-20-18(15-26)14-24-21(25-20)17-8-5-4-6-9-17/h14,17,19H,4-13,15-16H2,1-3H3. The Kier molecular flexibility index (Phi) is 6.09. The second-order valence-corrected chi connectivity index (χ2v) is 9.99. The van der Waals surface area contributed by atoms with Gasteiger partial charge in [-0.05, 0) is 46.5 Å². The molecular formula is C23H36N4O2. The predicted octanol–water partition coefficient (Wildman–Crippen LogP) is 4.28. The van der Waals surface area contributed by atoms with Crippen molar-refractivity contribution in [1.82, 2.24) is 19.8 Å². The van der Waals surface area contributed by atoms with Crippen molar-refractivity contribution in [2.75, 3.05) is 19.6 Å². The smallest absolute Gasteiger partial charge is 0.410 e. The van der Waals surface area contributed by atoms with Crippen molar-refractivity contribution in [1.29, 1.82) is 0 Å². The number of rotatable bonds is 3. The summed E-state index contributed by atoms with van der Waals surface area (Å²) in [6.45, 7) is 9.39. The van der Waals surface area contributed by atoms with Crippen LogP contribution in [0.25, 0.3) is 0 Å². The molecule has 1 aliphatic carbocycles. The quantitative estimate of drug-likeness (QED) is 0.758. The second-order valence-electron chi connectivity index (χ2n) is 9.99. The van der Waals surface area contributed by atoms with Crippen LogP contribution in [-0.4, -0.2) is 57.1 Å². The molecular weight excluding hydrogens is 364 g/mol. The van der Waals surface area contributed by atoms with Crippen LogP contribution in [-0.2, 0) is 17.7 Å². The molecule has 1 aromatic heterocycles. The summed E-state index contributed by atoms with van der Waals surface area (Å²) in [7, 11) is 0. The van der Waals surface area contributed by atoms with Gasteiger partial charge in [0.2, 0.25) is 0 Å². The Balaban J connectivity index is 1.36. The number of aromatic nitrogens is 2. The number of carbonyl (C=O) groups is 1. The molecule has 0 spiro atoms. The lowest BCUT2D eigenvalue weighted by atomic mass is 9.88. The van der Waals surface area contributed by atoms with Crippen LogP contribution in [0.2, 0.25) is 0 Å². The summed E-state index contributed by atoms with van der Waals surface area (Å²) in [6.07, 6.45) is 11.5. The Morgan fingerprint density at radius 3 is 2.69 bits per heavy atom. The highest BCUT2D eigenvalue weighted by atomic mass is 16.6. The van der Waals surface area contributed by atoms with E-state index in [4.69, 9.17) is 14.7 Å². The Hall–Kier alpha value is -1.69. The van der Waals surface area contributed by atoms with E-state index in [1.54, 1.807) is 0 Å². The average Bonchev–Trinajstić information content (AvgIpc) is 3.15. The van der Waals surface area contributed by atoms with Crippen LogP contribution in [0.3, 0.4) is 0 Å².